The van der Waals surface area contributed by atoms with Crippen LogP contribution >= 0.6 is 0 Å². The Labute approximate surface area is 78.6 Å². The predicted molar refractivity (Wildman–Crippen MR) is 48.3 cm³/mol. The van der Waals surface area contributed by atoms with Crippen LogP contribution < -0.4 is 5.32 Å². The molecular weight excluding hydrogens is 170 g/mol. The number of rotatable bonds is 2. The molecule has 13 heavy (non-hydrogen) atoms. The van der Waals surface area contributed by atoms with E-state index in [1.165, 1.54) is 0 Å². The highest BCUT2D eigenvalue weighted by atomic mass is 16.7. The summed E-state index contributed by atoms with van der Waals surface area (Å²) in [7, 11) is 0. The first-order valence-corrected chi connectivity index (χ1v) is 4.82. The third-order valence-corrected chi connectivity index (χ3v) is 2.07. The summed E-state index contributed by atoms with van der Waals surface area (Å²) >= 11 is 0. The van der Waals surface area contributed by atoms with E-state index in [9.17, 15) is 4.79 Å². The van der Waals surface area contributed by atoms with E-state index in [0.717, 1.165) is 19.3 Å². The van der Waals surface area contributed by atoms with Gasteiger partial charge >= 0.3 is 6.16 Å². The molecule has 1 aliphatic rings. The van der Waals surface area contributed by atoms with E-state index < -0.39 is 6.16 Å². The van der Waals surface area contributed by atoms with Gasteiger partial charge in [-0.15, -0.1) is 0 Å². The van der Waals surface area contributed by atoms with E-state index in [2.05, 4.69) is 17.0 Å². The number of carbonyl (C=O) groups excluding carboxylic acids is 1. The lowest BCUT2D eigenvalue weighted by molar-refractivity contribution is -0.00175. The number of hydrogen-bond acceptors (Lipinski definition) is 4. The number of carbonyl (C=O) groups is 1. The Morgan fingerprint density at radius 1 is 1.54 bits per heavy atom. The van der Waals surface area contributed by atoms with Gasteiger partial charge in [-0.25, -0.2) is 4.79 Å². The molecule has 1 N–H and O–H groups in total. The van der Waals surface area contributed by atoms with E-state index in [-0.39, 0.29) is 6.23 Å². The minimum absolute atomic E-state index is 0.164. The van der Waals surface area contributed by atoms with Gasteiger partial charge < -0.3 is 9.47 Å². The van der Waals surface area contributed by atoms with Crippen LogP contribution in [0, 0.1) is 0 Å². The molecule has 0 spiro atoms. The standard InChI is InChI=1S/C9H17NO3/c1-3-12-9(11)13-8-6-4-5-7(2)10-8/h7-8,10H,3-6H2,1-2H3. The van der Waals surface area contributed by atoms with Crippen molar-refractivity contribution in [3.05, 3.63) is 0 Å². The molecule has 2 atom stereocenters. The van der Waals surface area contributed by atoms with Crippen LogP contribution in [0.15, 0.2) is 0 Å². The molecule has 4 nitrogen and oxygen atoms in total. The monoisotopic (exact) mass is 187 g/mol. The first-order valence-electron chi connectivity index (χ1n) is 4.82. The second-order valence-electron chi connectivity index (χ2n) is 3.29. The van der Waals surface area contributed by atoms with Crippen molar-refractivity contribution in [3.8, 4) is 0 Å². The van der Waals surface area contributed by atoms with Crippen LogP contribution in [0.1, 0.15) is 33.1 Å². The van der Waals surface area contributed by atoms with Crippen molar-refractivity contribution in [2.24, 2.45) is 0 Å². The first kappa shape index (κ1) is 10.3. The smallest absolute Gasteiger partial charge is 0.435 e. The van der Waals surface area contributed by atoms with Gasteiger partial charge in [0.15, 0.2) is 6.23 Å². The Bertz CT molecular complexity index is 172. The zero-order valence-corrected chi connectivity index (χ0v) is 8.21. The Kier molecular flexibility index (Phi) is 4.02. The van der Waals surface area contributed by atoms with Crippen LogP contribution in [0.25, 0.3) is 0 Å². The van der Waals surface area contributed by atoms with Crippen LogP contribution in [-0.4, -0.2) is 25.0 Å². The summed E-state index contributed by atoms with van der Waals surface area (Å²) < 4.78 is 9.71. The van der Waals surface area contributed by atoms with Crippen molar-refractivity contribution in [3.63, 3.8) is 0 Å². The van der Waals surface area contributed by atoms with Gasteiger partial charge in [0.05, 0.1) is 6.61 Å². The molecule has 4 heteroatoms. The highest BCUT2D eigenvalue weighted by Gasteiger charge is 2.21. The average molecular weight is 187 g/mol. The molecule has 1 aliphatic heterocycles. The van der Waals surface area contributed by atoms with Gasteiger partial charge in [-0.05, 0) is 33.1 Å². The fourth-order valence-corrected chi connectivity index (χ4v) is 1.45. The van der Waals surface area contributed by atoms with Gasteiger partial charge in [0.25, 0.3) is 0 Å². The molecule has 0 bridgehead atoms. The van der Waals surface area contributed by atoms with Gasteiger partial charge in [-0.3, -0.25) is 5.32 Å². The zero-order chi connectivity index (χ0) is 9.68. The molecule has 1 rings (SSSR count). The topological polar surface area (TPSA) is 47.6 Å². The highest BCUT2D eigenvalue weighted by Crippen LogP contribution is 2.13. The quantitative estimate of drug-likeness (QED) is 0.668. The van der Waals surface area contributed by atoms with Crippen LogP contribution in [0.4, 0.5) is 4.79 Å². The van der Waals surface area contributed by atoms with Gasteiger partial charge in [-0.1, -0.05) is 0 Å². The lowest BCUT2D eigenvalue weighted by Gasteiger charge is -2.27. The minimum Gasteiger partial charge on any atom is -0.435 e. The van der Waals surface area contributed by atoms with E-state index in [1.54, 1.807) is 6.92 Å². The SMILES string of the molecule is CCOC(=O)OC1CCCC(C)N1. The maximum absolute atomic E-state index is 10.9. The summed E-state index contributed by atoms with van der Waals surface area (Å²) in [5.41, 5.74) is 0. The number of ether oxygens (including phenoxy) is 2. The molecule has 1 heterocycles. The van der Waals surface area contributed by atoms with E-state index in [1.807, 2.05) is 0 Å². The first-order chi connectivity index (χ1) is 6.22. The van der Waals surface area contributed by atoms with Crippen molar-refractivity contribution in [1.29, 1.82) is 0 Å². The molecule has 0 aromatic carbocycles. The number of piperidine rings is 1. The lowest BCUT2D eigenvalue weighted by Crippen LogP contribution is -2.43. The molecule has 0 amide bonds. The number of hydrogen-bond donors (Lipinski definition) is 1. The Morgan fingerprint density at radius 2 is 2.31 bits per heavy atom. The molecule has 0 radical (unpaired) electrons. The zero-order valence-electron chi connectivity index (χ0n) is 8.21. The van der Waals surface area contributed by atoms with Crippen LogP contribution in [0.2, 0.25) is 0 Å². The maximum atomic E-state index is 10.9. The predicted octanol–water partition coefficient (Wildman–Crippen LogP) is 1.65. The molecule has 0 aromatic heterocycles. The highest BCUT2D eigenvalue weighted by molar-refractivity contribution is 5.59. The fourth-order valence-electron chi connectivity index (χ4n) is 1.45. The molecule has 0 aliphatic carbocycles. The molecule has 0 aromatic rings. The summed E-state index contributed by atoms with van der Waals surface area (Å²) in [6.45, 7) is 4.21. The normalized spacial score (nSPS) is 28.2. The van der Waals surface area contributed by atoms with Crippen molar-refractivity contribution in [2.45, 2.75) is 45.4 Å². The van der Waals surface area contributed by atoms with Gasteiger partial charge in [0.1, 0.15) is 0 Å². The molecule has 76 valence electrons. The molecule has 1 saturated heterocycles. The second-order valence-corrected chi connectivity index (χ2v) is 3.29. The van der Waals surface area contributed by atoms with Crippen LogP contribution in [0.5, 0.6) is 0 Å². The van der Waals surface area contributed by atoms with E-state index in [0.29, 0.717) is 12.6 Å². The molecular formula is C9H17NO3. The summed E-state index contributed by atoms with van der Waals surface area (Å²) in [5.74, 6) is 0. The van der Waals surface area contributed by atoms with Crippen molar-refractivity contribution in [1.82, 2.24) is 5.32 Å². The van der Waals surface area contributed by atoms with E-state index in [4.69, 9.17) is 4.74 Å². The Morgan fingerprint density at radius 3 is 2.92 bits per heavy atom. The van der Waals surface area contributed by atoms with Gasteiger partial charge in [0, 0.05) is 6.04 Å². The van der Waals surface area contributed by atoms with Crippen LogP contribution in [0.3, 0.4) is 0 Å². The average Bonchev–Trinajstić information content (AvgIpc) is 2.04. The largest absolute Gasteiger partial charge is 0.509 e. The fraction of sp³-hybridized carbons (Fsp3) is 0.889. The summed E-state index contributed by atoms with van der Waals surface area (Å²) in [6.07, 6.45) is 2.38. The maximum Gasteiger partial charge on any atom is 0.509 e. The van der Waals surface area contributed by atoms with Crippen molar-refractivity contribution in [2.75, 3.05) is 6.61 Å². The summed E-state index contributed by atoms with van der Waals surface area (Å²) in [4.78, 5) is 10.9. The summed E-state index contributed by atoms with van der Waals surface area (Å²) in [6, 6.07) is 0.424. The lowest BCUT2D eigenvalue weighted by atomic mass is 10.1. The van der Waals surface area contributed by atoms with Gasteiger partial charge in [0.2, 0.25) is 0 Å². The van der Waals surface area contributed by atoms with Crippen molar-refractivity contribution < 1.29 is 14.3 Å². The van der Waals surface area contributed by atoms with Crippen LogP contribution in [-0.2, 0) is 9.47 Å². The summed E-state index contributed by atoms with van der Waals surface area (Å²) in [5, 5.41) is 3.18. The van der Waals surface area contributed by atoms with E-state index >= 15 is 0 Å². The molecule has 1 fully saturated rings. The second kappa shape index (κ2) is 5.07. The molecule has 0 saturated carbocycles. The molecule has 2 unspecified atom stereocenters. The van der Waals surface area contributed by atoms with Crippen molar-refractivity contribution >= 4 is 6.16 Å². The van der Waals surface area contributed by atoms with Gasteiger partial charge in [-0.2, -0.15) is 0 Å². The number of nitrogens with one attached hydrogen (secondary N) is 1. The third kappa shape index (κ3) is 3.63. The Balaban J connectivity index is 2.23. The Hall–Kier alpha value is -0.770. The minimum atomic E-state index is -0.575. The third-order valence-electron chi connectivity index (χ3n) is 2.07.